The van der Waals surface area contributed by atoms with Crippen molar-refractivity contribution in [1.82, 2.24) is 4.90 Å². The van der Waals surface area contributed by atoms with Crippen LogP contribution in [0.2, 0.25) is 0 Å². The molecule has 0 aliphatic carbocycles. The fraction of sp³-hybridized carbons (Fsp3) is 1.00. The molecule has 0 saturated carbocycles. The van der Waals surface area contributed by atoms with Gasteiger partial charge < -0.3 is 20.2 Å². The van der Waals surface area contributed by atoms with Gasteiger partial charge in [-0.15, -0.1) is 0 Å². The van der Waals surface area contributed by atoms with Crippen LogP contribution in [0.15, 0.2) is 0 Å². The van der Waals surface area contributed by atoms with E-state index in [4.69, 9.17) is 0 Å². The molecule has 1 unspecified atom stereocenters. The standard InChI is InChI=1S/C15H33NO3/c1-4-5-6-7-8-9-11-14(15(17,18)19)12-10-13-16(2)3/h14,17-19H,4-13H2,1-3H3. The molecule has 0 fully saturated rings. The van der Waals surface area contributed by atoms with E-state index in [1.165, 1.54) is 25.7 Å². The number of hydrogen-bond donors (Lipinski definition) is 3. The Bertz CT molecular complexity index is 202. The highest BCUT2D eigenvalue weighted by Crippen LogP contribution is 2.24. The molecule has 0 aromatic heterocycles. The summed E-state index contributed by atoms with van der Waals surface area (Å²) >= 11 is 0. The second kappa shape index (κ2) is 10.6. The Morgan fingerprint density at radius 2 is 1.37 bits per heavy atom. The van der Waals surface area contributed by atoms with Crippen molar-refractivity contribution >= 4 is 0 Å². The molecule has 0 saturated heterocycles. The maximum Gasteiger partial charge on any atom is 0.278 e. The maximum absolute atomic E-state index is 9.38. The van der Waals surface area contributed by atoms with E-state index in [0.29, 0.717) is 12.8 Å². The largest absolute Gasteiger partial charge is 0.343 e. The highest BCUT2D eigenvalue weighted by molar-refractivity contribution is 4.67. The molecule has 0 aromatic rings. The Hall–Kier alpha value is -0.160. The molecule has 0 bridgehead atoms. The Balaban J connectivity index is 3.82. The van der Waals surface area contributed by atoms with Crippen molar-refractivity contribution in [1.29, 1.82) is 0 Å². The lowest BCUT2D eigenvalue weighted by molar-refractivity contribution is -0.344. The van der Waals surface area contributed by atoms with Gasteiger partial charge in [-0.2, -0.15) is 0 Å². The number of nitrogens with zero attached hydrogens (tertiary/aromatic N) is 1. The van der Waals surface area contributed by atoms with Gasteiger partial charge in [0.05, 0.1) is 0 Å². The third-order valence-corrected chi connectivity index (χ3v) is 3.61. The van der Waals surface area contributed by atoms with Crippen LogP contribution < -0.4 is 0 Å². The zero-order valence-electron chi connectivity index (χ0n) is 12.9. The van der Waals surface area contributed by atoms with Crippen molar-refractivity contribution in [3.05, 3.63) is 0 Å². The molecule has 0 aliphatic rings. The second-order valence-corrected chi connectivity index (χ2v) is 5.89. The first-order valence-corrected chi connectivity index (χ1v) is 7.69. The van der Waals surface area contributed by atoms with Gasteiger partial charge in [0.15, 0.2) is 0 Å². The number of unbranched alkanes of at least 4 members (excludes halogenated alkanes) is 5. The fourth-order valence-corrected chi connectivity index (χ4v) is 2.36. The smallest absolute Gasteiger partial charge is 0.278 e. The van der Waals surface area contributed by atoms with E-state index < -0.39 is 11.9 Å². The summed E-state index contributed by atoms with van der Waals surface area (Å²) < 4.78 is 0. The average Bonchev–Trinajstić information content (AvgIpc) is 2.29. The SMILES string of the molecule is CCCCCCCCC(CCCN(C)C)C(O)(O)O. The number of aliphatic hydroxyl groups is 3. The molecular weight excluding hydrogens is 242 g/mol. The number of hydrogen-bond acceptors (Lipinski definition) is 4. The van der Waals surface area contributed by atoms with Crippen LogP contribution >= 0.6 is 0 Å². The van der Waals surface area contributed by atoms with Crippen LogP contribution in [-0.4, -0.2) is 46.8 Å². The van der Waals surface area contributed by atoms with Crippen LogP contribution in [0.3, 0.4) is 0 Å². The van der Waals surface area contributed by atoms with Crippen molar-refractivity contribution in [3.63, 3.8) is 0 Å². The minimum absolute atomic E-state index is 0.432. The highest BCUT2D eigenvalue weighted by atomic mass is 16.7. The van der Waals surface area contributed by atoms with E-state index in [9.17, 15) is 15.3 Å². The van der Waals surface area contributed by atoms with Gasteiger partial charge >= 0.3 is 0 Å². The molecule has 0 aromatic carbocycles. The Morgan fingerprint density at radius 3 is 1.89 bits per heavy atom. The van der Waals surface area contributed by atoms with Crippen LogP contribution in [0.5, 0.6) is 0 Å². The molecule has 116 valence electrons. The van der Waals surface area contributed by atoms with Crippen molar-refractivity contribution in [2.75, 3.05) is 20.6 Å². The quantitative estimate of drug-likeness (QED) is 0.378. The van der Waals surface area contributed by atoms with E-state index in [1.54, 1.807) is 0 Å². The van der Waals surface area contributed by atoms with Crippen LogP contribution in [0, 0.1) is 5.92 Å². The predicted octanol–water partition coefficient (Wildman–Crippen LogP) is 2.33. The minimum Gasteiger partial charge on any atom is -0.343 e. The molecule has 3 N–H and O–H groups in total. The summed E-state index contributed by atoms with van der Waals surface area (Å²) in [5, 5.41) is 28.1. The van der Waals surface area contributed by atoms with Gasteiger partial charge in [0.25, 0.3) is 5.97 Å². The molecule has 0 aliphatic heterocycles. The Labute approximate surface area is 118 Å². The first kappa shape index (κ1) is 18.8. The lowest BCUT2D eigenvalue weighted by atomic mass is 9.93. The highest BCUT2D eigenvalue weighted by Gasteiger charge is 2.30. The third-order valence-electron chi connectivity index (χ3n) is 3.61. The summed E-state index contributed by atoms with van der Waals surface area (Å²) in [6, 6.07) is 0. The molecule has 1 atom stereocenters. The molecule has 0 radical (unpaired) electrons. The molecule has 0 amide bonds. The fourth-order valence-electron chi connectivity index (χ4n) is 2.36. The molecule has 0 rings (SSSR count). The topological polar surface area (TPSA) is 63.9 Å². The van der Waals surface area contributed by atoms with Crippen LogP contribution in [0.4, 0.5) is 0 Å². The molecule has 19 heavy (non-hydrogen) atoms. The van der Waals surface area contributed by atoms with E-state index >= 15 is 0 Å². The Kier molecular flexibility index (Phi) is 10.5. The average molecular weight is 275 g/mol. The van der Waals surface area contributed by atoms with Gasteiger partial charge in [-0.25, -0.2) is 0 Å². The zero-order chi connectivity index (χ0) is 14.7. The van der Waals surface area contributed by atoms with E-state index in [2.05, 4.69) is 11.8 Å². The summed E-state index contributed by atoms with van der Waals surface area (Å²) in [5.41, 5.74) is 0. The van der Waals surface area contributed by atoms with Gasteiger partial charge in [-0.1, -0.05) is 45.4 Å². The zero-order valence-corrected chi connectivity index (χ0v) is 12.9. The van der Waals surface area contributed by atoms with E-state index in [0.717, 1.165) is 25.8 Å². The van der Waals surface area contributed by atoms with Gasteiger partial charge in [0.2, 0.25) is 0 Å². The molecule has 4 heteroatoms. The molecule has 4 nitrogen and oxygen atoms in total. The summed E-state index contributed by atoms with van der Waals surface area (Å²) in [5.74, 6) is -2.95. The lowest BCUT2D eigenvalue weighted by Gasteiger charge is -2.26. The van der Waals surface area contributed by atoms with Gasteiger partial charge in [-0.3, -0.25) is 0 Å². The van der Waals surface area contributed by atoms with Crippen molar-refractivity contribution in [2.24, 2.45) is 5.92 Å². The van der Waals surface area contributed by atoms with Gasteiger partial charge in [-0.05, 0) is 39.9 Å². The summed E-state index contributed by atoms with van der Waals surface area (Å²) in [7, 11) is 3.99. The monoisotopic (exact) mass is 275 g/mol. The molecular formula is C15H33NO3. The van der Waals surface area contributed by atoms with Crippen LogP contribution in [0.1, 0.15) is 64.7 Å². The van der Waals surface area contributed by atoms with Crippen molar-refractivity contribution in [3.8, 4) is 0 Å². The van der Waals surface area contributed by atoms with E-state index in [1.807, 2.05) is 14.1 Å². The first-order valence-electron chi connectivity index (χ1n) is 7.69. The van der Waals surface area contributed by atoms with Gasteiger partial charge in [0.1, 0.15) is 0 Å². The lowest BCUT2D eigenvalue weighted by Crippen LogP contribution is -2.37. The van der Waals surface area contributed by atoms with Gasteiger partial charge in [0, 0.05) is 5.92 Å². The van der Waals surface area contributed by atoms with Crippen molar-refractivity contribution < 1.29 is 15.3 Å². The summed E-state index contributed by atoms with van der Waals surface area (Å²) in [6.07, 6.45) is 9.24. The minimum atomic E-state index is -2.52. The third kappa shape index (κ3) is 11.4. The molecule has 0 heterocycles. The van der Waals surface area contributed by atoms with Crippen LogP contribution in [0.25, 0.3) is 0 Å². The van der Waals surface area contributed by atoms with E-state index in [-0.39, 0.29) is 0 Å². The number of rotatable bonds is 12. The second-order valence-electron chi connectivity index (χ2n) is 5.89. The normalized spacial score (nSPS) is 14.1. The van der Waals surface area contributed by atoms with Crippen molar-refractivity contribution in [2.45, 2.75) is 70.7 Å². The predicted molar refractivity (Wildman–Crippen MR) is 78.7 cm³/mol. The van der Waals surface area contributed by atoms with Crippen LogP contribution in [-0.2, 0) is 0 Å². The molecule has 0 spiro atoms. The maximum atomic E-state index is 9.38. The summed E-state index contributed by atoms with van der Waals surface area (Å²) in [6.45, 7) is 3.10. The summed E-state index contributed by atoms with van der Waals surface area (Å²) in [4.78, 5) is 2.07. The Morgan fingerprint density at radius 1 is 0.842 bits per heavy atom. The first-order chi connectivity index (χ1) is 8.88.